The number of hydrogen-bond acceptors (Lipinski definition) is 7. The van der Waals surface area contributed by atoms with E-state index in [0.717, 1.165) is 34.6 Å². The molecule has 1 aromatic heterocycles. The van der Waals surface area contributed by atoms with Crippen molar-refractivity contribution in [1.29, 1.82) is 0 Å². The highest BCUT2D eigenvalue weighted by molar-refractivity contribution is 6.71. The van der Waals surface area contributed by atoms with Gasteiger partial charge in [0.2, 0.25) is 5.91 Å². The number of aliphatic hydroxyl groups excluding tert-OH is 1. The van der Waals surface area contributed by atoms with Crippen molar-refractivity contribution in [2.24, 2.45) is 5.92 Å². The molecule has 2 saturated heterocycles. The van der Waals surface area contributed by atoms with Gasteiger partial charge in [0, 0.05) is 48.4 Å². The number of hydrogen-bond donors (Lipinski definition) is 2. The Kier molecular flexibility index (Phi) is 8.11. The number of benzene rings is 3. The molecule has 2 amide bonds. The number of ether oxygens (including phenoxy) is 1. The molecule has 2 N–H and O–H groups in total. The van der Waals surface area contributed by atoms with Crippen LogP contribution in [0.2, 0.25) is 18.6 Å². The van der Waals surface area contributed by atoms with Crippen LogP contribution in [0.5, 0.6) is 0 Å². The van der Waals surface area contributed by atoms with Crippen molar-refractivity contribution >= 4 is 31.5 Å². The van der Waals surface area contributed by atoms with Crippen molar-refractivity contribution in [2.75, 3.05) is 23.0 Å². The van der Waals surface area contributed by atoms with Gasteiger partial charge in [-0.3, -0.25) is 14.3 Å². The van der Waals surface area contributed by atoms with E-state index >= 15 is 0 Å². The maximum atomic E-state index is 14.6. The van der Waals surface area contributed by atoms with Gasteiger partial charge in [0.05, 0.1) is 36.6 Å². The van der Waals surface area contributed by atoms with E-state index in [1.54, 1.807) is 9.58 Å². The Labute approximate surface area is 275 Å². The summed E-state index contributed by atoms with van der Waals surface area (Å²) < 4.78 is 8.72. The minimum absolute atomic E-state index is 0.0822. The van der Waals surface area contributed by atoms with Crippen LogP contribution in [0.25, 0.3) is 0 Å². The molecule has 3 aromatic carbocycles. The average Bonchev–Trinajstić information content (AvgIpc) is 3.71. The minimum Gasteiger partial charge on any atom is -0.432 e. The number of para-hydroxylation sites is 1. The van der Waals surface area contributed by atoms with Crippen LogP contribution in [0.15, 0.2) is 85.1 Å². The molecular weight excluding hydrogens is 611 g/mol. The Morgan fingerprint density at radius 2 is 1.74 bits per heavy atom. The number of aromatic nitrogens is 3. The lowest BCUT2D eigenvalue weighted by molar-refractivity contribution is -0.146. The SMILES string of the molecule is C[C@@H]1[C@@H]([Si](C)(C)O)[C@H](CCn2cc(C(CO)c3ccccc3)nn2)O[C@@]12C(=O)N(Cc1ccc(N3CCC3=O)cc1)c1ccccc12. The fourth-order valence-electron chi connectivity index (χ4n) is 7.91. The van der Waals surface area contributed by atoms with Gasteiger partial charge in [-0.1, -0.05) is 72.8 Å². The number of amides is 2. The van der Waals surface area contributed by atoms with Gasteiger partial charge in [-0.05, 0) is 48.8 Å². The summed E-state index contributed by atoms with van der Waals surface area (Å²) in [5.41, 5.74) is 3.71. The monoisotopic (exact) mass is 651 g/mol. The Morgan fingerprint density at radius 3 is 2.40 bits per heavy atom. The van der Waals surface area contributed by atoms with Crippen LogP contribution in [0.3, 0.4) is 0 Å². The third-order valence-electron chi connectivity index (χ3n) is 10.3. The van der Waals surface area contributed by atoms with E-state index in [1.807, 2.05) is 110 Å². The number of anilines is 2. The Hall–Kier alpha value is -4.16. The highest BCUT2D eigenvalue weighted by atomic mass is 28.4. The van der Waals surface area contributed by atoms with Crippen LogP contribution in [0.1, 0.15) is 48.1 Å². The van der Waals surface area contributed by atoms with Crippen molar-refractivity contribution in [3.63, 3.8) is 0 Å². The zero-order chi connectivity index (χ0) is 32.9. The molecule has 3 aliphatic heterocycles. The molecule has 1 spiro atoms. The molecule has 47 heavy (non-hydrogen) atoms. The summed E-state index contributed by atoms with van der Waals surface area (Å²) in [7, 11) is -2.82. The van der Waals surface area contributed by atoms with Crippen molar-refractivity contribution < 1.29 is 24.2 Å². The number of aliphatic hydroxyl groups is 1. The molecule has 5 atom stereocenters. The molecule has 10 nitrogen and oxygen atoms in total. The van der Waals surface area contributed by atoms with E-state index in [2.05, 4.69) is 10.3 Å². The number of aryl methyl sites for hydroxylation is 1. The Bertz CT molecular complexity index is 1770. The fourth-order valence-corrected chi connectivity index (χ4v) is 10.5. The van der Waals surface area contributed by atoms with Gasteiger partial charge in [0.1, 0.15) is 0 Å². The standard InChI is InChI=1S/C36H41N5O5Si/c1-24-34(47(2,3)45)32(17-19-39-22-30(37-38-39)28(23-42)26-9-5-4-6-10-26)46-36(24)29-11-7-8-12-31(29)41(35(36)44)21-25-13-15-27(16-14-25)40-20-18-33(40)43/h4-16,22,24,28,32,34,42,45H,17-21,23H2,1-3H3/t24-,28?,32+,34-,36+/m1/s1. The number of rotatable bonds is 10. The molecule has 0 bridgehead atoms. The van der Waals surface area contributed by atoms with Gasteiger partial charge in [0.25, 0.3) is 5.91 Å². The summed E-state index contributed by atoms with van der Waals surface area (Å²) in [6, 6.07) is 25.4. The highest BCUT2D eigenvalue weighted by Gasteiger charge is 2.66. The molecule has 0 radical (unpaired) electrons. The average molecular weight is 652 g/mol. The second-order valence-electron chi connectivity index (χ2n) is 13.6. The van der Waals surface area contributed by atoms with Crippen LogP contribution in [0, 0.1) is 5.92 Å². The number of fused-ring (bicyclic) bond motifs is 2. The molecule has 11 heteroatoms. The van der Waals surface area contributed by atoms with Gasteiger partial charge < -0.3 is 24.4 Å². The summed E-state index contributed by atoms with van der Waals surface area (Å²) in [6.45, 7) is 7.40. The summed E-state index contributed by atoms with van der Waals surface area (Å²) in [5, 5.41) is 18.9. The zero-order valence-electron chi connectivity index (χ0n) is 27.0. The van der Waals surface area contributed by atoms with E-state index in [4.69, 9.17) is 4.74 Å². The molecule has 2 fully saturated rings. The van der Waals surface area contributed by atoms with Gasteiger partial charge in [-0.2, -0.15) is 0 Å². The lowest BCUT2D eigenvalue weighted by Gasteiger charge is -2.32. The lowest BCUT2D eigenvalue weighted by Crippen LogP contribution is -2.46. The Balaban J connectivity index is 1.14. The second kappa shape index (κ2) is 12.1. The lowest BCUT2D eigenvalue weighted by atomic mass is 9.82. The number of β-lactam (4-membered cyclic amide) rings is 1. The van der Waals surface area contributed by atoms with Crippen LogP contribution in [0.4, 0.5) is 11.4 Å². The van der Waals surface area contributed by atoms with Gasteiger partial charge in [-0.15, -0.1) is 5.10 Å². The summed E-state index contributed by atoms with van der Waals surface area (Å²) in [4.78, 5) is 41.8. The molecule has 0 saturated carbocycles. The van der Waals surface area contributed by atoms with E-state index in [-0.39, 0.29) is 41.9 Å². The van der Waals surface area contributed by atoms with Gasteiger partial charge >= 0.3 is 0 Å². The largest absolute Gasteiger partial charge is 0.432 e. The Morgan fingerprint density at radius 1 is 1.02 bits per heavy atom. The second-order valence-corrected chi connectivity index (χ2v) is 17.5. The smallest absolute Gasteiger partial charge is 0.264 e. The quantitative estimate of drug-likeness (QED) is 0.190. The molecule has 3 aliphatic rings. The van der Waals surface area contributed by atoms with Crippen molar-refractivity contribution in [3.8, 4) is 0 Å². The number of carbonyl (C=O) groups excluding carboxylic acids is 2. The highest BCUT2D eigenvalue weighted by Crippen LogP contribution is 2.59. The molecular formula is C36H41N5O5Si. The summed E-state index contributed by atoms with van der Waals surface area (Å²) in [6.07, 6.45) is 2.60. The third kappa shape index (κ3) is 5.40. The van der Waals surface area contributed by atoms with Crippen LogP contribution >= 0.6 is 0 Å². The first-order valence-corrected chi connectivity index (χ1v) is 19.4. The summed E-state index contributed by atoms with van der Waals surface area (Å²) >= 11 is 0. The molecule has 0 aliphatic carbocycles. The topological polar surface area (TPSA) is 121 Å². The molecule has 244 valence electrons. The zero-order valence-corrected chi connectivity index (χ0v) is 28.0. The normalized spacial score (nSPS) is 24.6. The minimum atomic E-state index is -2.82. The van der Waals surface area contributed by atoms with Crippen molar-refractivity contribution in [1.82, 2.24) is 15.0 Å². The first-order chi connectivity index (χ1) is 22.6. The molecule has 4 heterocycles. The first kappa shape index (κ1) is 31.4. The molecule has 7 rings (SSSR count). The van der Waals surface area contributed by atoms with Gasteiger partial charge in [-0.25, -0.2) is 0 Å². The van der Waals surface area contributed by atoms with Crippen molar-refractivity contribution in [3.05, 3.63) is 107 Å². The fraction of sp³-hybridized carbons (Fsp3) is 0.389. The van der Waals surface area contributed by atoms with Gasteiger partial charge in [0.15, 0.2) is 13.9 Å². The van der Waals surface area contributed by atoms with E-state index in [9.17, 15) is 19.5 Å². The number of nitrogens with zero attached hydrogens (tertiary/aromatic N) is 5. The van der Waals surface area contributed by atoms with Crippen LogP contribution in [-0.4, -0.2) is 64.3 Å². The van der Waals surface area contributed by atoms with E-state index in [1.165, 1.54) is 0 Å². The molecule has 1 unspecified atom stereocenters. The maximum Gasteiger partial charge on any atom is 0.264 e. The van der Waals surface area contributed by atoms with Crippen LogP contribution in [-0.2, 0) is 33.0 Å². The number of carbonyl (C=O) groups is 2. The van der Waals surface area contributed by atoms with E-state index < -0.39 is 13.9 Å². The maximum absolute atomic E-state index is 14.6. The molecule has 4 aromatic rings. The van der Waals surface area contributed by atoms with Crippen LogP contribution < -0.4 is 9.80 Å². The summed E-state index contributed by atoms with van der Waals surface area (Å²) in [5.74, 6) is -0.530. The van der Waals surface area contributed by atoms with E-state index in [0.29, 0.717) is 31.6 Å². The van der Waals surface area contributed by atoms with Crippen molar-refractivity contribution in [2.45, 2.75) is 69.1 Å². The predicted molar refractivity (Wildman–Crippen MR) is 180 cm³/mol. The first-order valence-electron chi connectivity index (χ1n) is 16.4. The predicted octanol–water partition coefficient (Wildman–Crippen LogP) is 4.57. The third-order valence-corrected chi connectivity index (χ3v) is 12.8.